The van der Waals surface area contributed by atoms with Crippen LogP contribution >= 0.6 is 7.82 Å². The number of phosphoric acid groups is 1. The zero-order chi connectivity index (χ0) is 53.5. The molecule has 73 heavy (non-hydrogen) atoms. The minimum Gasteiger partial charge on any atom is -0.462 e. The maximum absolute atomic E-state index is 12.9. The van der Waals surface area contributed by atoms with E-state index in [4.69, 9.17) is 37.5 Å². The Balaban J connectivity index is 1.77. The van der Waals surface area contributed by atoms with Crippen LogP contribution in [-0.2, 0) is 51.6 Å². The second-order valence-electron chi connectivity index (χ2n) is 20.2. The largest absolute Gasteiger partial charge is 0.472 e. The van der Waals surface area contributed by atoms with Crippen molar-refractivity contribution in [2.75, 3.05) is 39.6 Å². The van der Waals surface area contributed by atoms with E-state index in [1.807, 2.05) is 0 Å². The van der Waals surface area contributed by atoms with E-state index in [1.54, 1.807) is 0 Å². The van der Waals surface area contributed by atoms with Crippen molar-refractivity contribution in [3.63, 3.8) is 0 Å². The summed E-state index contributed by atoms with van der Waals surface area (Å²) in [5, 5.41) is 71.2. The van der Waals surface area contributed by atoms with Gasteiger partial charge in [-0.05, 0) is 12.8 Å². The summed E-state index contributed by atoms with van der Waals surface area (Å²) in [6, 6.07) is 0. The van der Waals surface area contributed by atoms with Crippen molar-refractivity contribution in [3.8, 4) is 0 Å². The molecule has 19 nitrogen and oxygen atoms in total. The second kappa shape index (κ2) is 42.6. The highest BCUT2D eigenvalue weighted by Gasteiger charge is 2.47. The Morgan fingerprint density at radius 2 is 0.849 bits per heavy atom. The molecule has 12 atom stereocenters. The Bertz CT molecular complexity index is 1400. The maximum Gasteiger partial charge on any atom is 0.472 e. The highest BCUT2D eigenvalue weighted by molar-refractivity contribution is 7.47. The number of carbonyl (C=O) groups excluding carboxylic acids is 2. The molecule has 0 aliphatic carbocycles. The molecule has 0 aromatic carbocycles. The molecule has 2 aliphatic rings. The molecule has 2 fully saturated rings. The number of hydrogen-bond acceptors (Lipinski definition) is 18. The van der Waals surface area contributed by atoms with Crippen molar-refractivity contribution in [1.29, 1.82) is 0 Å². The molecule has 2 aliphatic heterocycles. The summed E-state index contributed by atoms with van der Waals surface area (Å²) < 4.78 is 55.8. The first kappa shape index (κ1) is 67.7. The fourth-order valence-corrected chi connectivity index (χ4v) is 9.75. The molecule has 0 radical (unpaired) electrons. The zero-order valence-corrected chi connectivity index (χ0v) is 45.6. The van der Waals surface area contributed by atoms with Gasteiger partial charge in [0.05, 0.1) is 33.0 Å². The first-order chi connectivity index (χ1) is 35.2. The van der Waals surface area contributed by atoms with E-state index in [9.17, 15) is 54.8 Å². The van der Waals surface area contributed by atoms with Gasteiger partial charge < -0.3 is 69.1 Å². The van der Waals surface area contributed by atoms with Gasteiger partial charge in [0.1, 0.15) is 55.4 Å². The Morgan fingerprint density at radius 3 is 1.29 bits per heavy atom. The fourth-order valence-electron chi connectivity index (χ4n) is 9.02. The molecule has 0 bridgehead atoms. The number of esters is 2. The van der Waals surface area contributed by atoms with Crippen LogP contribution in [0.4, 0.5) is 0 Å². The van der Waals surface area contributed by atoms with Crippen molar-refractivity contribution in [2.45, 2.75) is 287 Å². The summed E-state index contributed by atoms with van der Waals surface area (Å²) in [7, 11) is -4.82. The number of aliphatic hydroxyl groups excluding tert-OH is 7. The van der Waals surface area contributed by atoms with Gasteiger partial charge in [0.15, 0.2) is 18.7 Å². The first-order valence-corrected chi connectivity index (χ1v) is 29.9. The predicted molar refractivity (Wildman–Crippen MR) is 274 cm³/mol. The van der Waals surface area contributed by atoms with Crippen LogP contribution in [-0.4, -0.2) is 160 Å². The van der Waals surface area contributed by atoms with Crippen LogP contribution < -0.4 is 0 Å². The Labute approximate surface area is 437 Å². The quantitative estimate of drug-likeness (QED) is 0.0164. The fraction of sp³-hybridized carbons (Fsp3) is 0.962. The third-order valence-corrected chi connectivity index (χ3v) is 14.7. The summed E-state index contributed by atoms with van der Waals surface area (Å²) in [5.74, 6) is -1.04. The lowest BCUT2D eigenvalue weighted by atomic mass is 9.98. The third-order valence-electron chi connectivity index (χ3n) is 13.7. The number of carbonyl (C=O) groups is 2. The van der Waals surface area contributed by atoms with Crippen LogP contribution in [0.5, 0.6) is 0 Å². The molecule has 0 amide bonds. The van der Waals surface area contributed by atoms with Crippen molar-refractivity contribution >= 4 is 19.8 Å². The number of ether oxygens (including phenoxy) is 6. The van der Waals surface area contributed by atoms with Gasteiger partial charge in [-0.15, -0.1) is 0 Å². The lowest BCUT2D eigenvalue weighted by molar-refractivity contribution is -0.331. The lowest BCUT2D eigenvalue weighted by Crippen LogP contribution is -2.61. The van der Waals surface area contributed by atoms with Crippen LogP contribution in [0.25, 0.3) is 0 Å². The van der Waals surface area contributed by atoms with Gasteiger partial charge in [-0.25, -0.2) is 4.57 Å². The monoisotopic (exact) mass is 1070 g/mol. The molecule has 11 unspecified atom stereocenters. The normalized spacial score (nSPS) is 25.6. The van der Waals surface area contributed by atoms with Crippen LogP contribution in [0, 0.1) is 0 Å². The van der Waals surface area contributed by atoms with E-state index in [1.165, 1.54) is 135 Å². The smallest absolute Gasteiger partial charge is 0.462 e. The highest BCUT2D eigenvalue weighted by atomic mass is 31.2. The van der Waals surface area contributed by atoms with E-state index in [0.29, 0.717) is 12.8 Å². The molecule has 0 saturated carbocycles. The number of aliphatic hydroxyl groups is 7. The van der Waals surface area contributed by atoms with Crippen LogP contribution in [0.1, 0.15) is 219 Å². The molecule has 20 heteroatoms. The summed E-state index contributed by atoms with van der Waals surface area (Å²) in [6.45, 7) is 1.09. The minimum absolute atomic E-state index is 0.119. The molecule has 0 aromatic rings. The number of rotatable bonds is 47. The van der Waals surface area contributed by atoms with E-state index in [0.717, 1.165) is 44.9 Å². The lowest BCUT2D eigenvalue weighted by Gasteiger charge is -2.42. The summed E-state index contributed by atoms with van der Waals surface area (Å²) >= 11 is 0. The standard InChI is InChI=1S/C53H101O19P/c1-3-5-7-9-11-13-15-17-19-21-23-25-27-29-31-33-44(55)66-38-41(70-45(56)34-32-30-28-26-24-22-20-18-16-14-12-10-8-6-4-2)39-69-73(63,64)68-36-35-65-52-50(61)49(60)47(58)43(72-52)40-67-53-51(62)48(59)46(57)42(37-54)71-53/h41-43,46-54,57-62H,3-40H2,1-2H3,(H,63,64)/t41-,42?,43?,46?,47?,48?,49?,50?,51?,52?,53?/m1/s1. The van der Waals surface area contributed by atoms with Gasteiger partial charge in [-0.3, -0.25) is 18.6 Å². The molecule has 432 valence electrons. The summed E-state index contributed by atoms with van der Waals surface area (Å²) in [6.07, 6.45) is 18.5. The predicted octanol–water partition coefficient (Wildman–Crippen LogP) is 7.74. The maximum atomic E-state index is 12.9. The van der Waals surface area contributed by atoms with Gasteiger partial charge in [0.2, 0.25) is 0 Å². The molecule has 2 heterocycles. The van der Waals surface area contributed by atoms with Crippen molar-refractivity contribution in [3.05, 3.63) is 0 Å². The van der Waals surface area contributed by atoms with E-state index >= 15 is 0 Å². The van der Waals surface area contributed by atoms with Crippen LogP contribution in [0.2, 0.25) is 0 Å². The molecule has 0 aromatic heterocycles. The number of phosphoric ester groups is 1. The van der Waals surface area contributed by atoms with Crippen molar-refractivity contribution in [2.24, 2.45) is 0 Å². The van der Waals surface area contributed by atoms with E-state index in [-0.39, 0.29) is 12.8 Å². The average Bonchev–Trinajstić information content (AvgIpc) is 3.37. The first-order valence-electron chi connectivity index (χ1n) is 28.4. The van der Waals surface area contributed by atoms with Crippen LogP contribution in [0.15, 0.2) is 0 Å². The average molecular weight is 1070 g/mol. The molecule has 2 saturated heterocycles. The van der Waals surface area contributed by atoms with Gasteiger partial charge in [-0.2, -0.15) is 0 Å². The number of hydrogen-bond donors (Lipinski definition) is 8. The van der Waals surface area contributed by atoms with Gasteiger partial charge in [-0.1, -0.05) is 194 Å². The SMILES string of the molecule is CCCCCCCCCCCCCCCCCC(=O)OC[C@H](COP(=O)(O)OCCOC1OC(COC2OC(CO)C(O)C(O)C2O)C(O)C(O)C1O)OC(=O)CCCCCCCCCCCCCCCCC. The summed E-state index contributed by atoms with van der Waals surface area (Å²) in [5.41, 5.74) is 0. The molecular weight excluding hydrogens is 972 g/mol. The molecule has 8 N–H and O–H groups in total. The Hall–Kier alpha value is -1.39. The van der Waals surface area contributed by atoms with E-state index < -0.39 is 127 Å². The molecule has 0 spiro atoms. The Morgan fingerprint density at radius 1 is 0.466 bits per heavy atom. The number of unbranched alkanes of at least 4 members (excludes halogenated alkanes) is 28. The Kier molecular flexibility index (Phi) is 39.5. The van der Waals surface area contributed by atoms with Gasteiger partial charge in [0.25, 0.3) is 0 Å². The topological polar surface area (TPSA) is 287 Å². The second-order valence-corrected chi connectivity index (χ2v) is 21.7. The van der Waals surface area contributed by atoms with Gasteiger partial charge in [0, 0.05) is 12.8 Å². The zero-order valence-electron chi connectivity index (χ0n) is 44.7. The van der Waals surface area contributed by atoms with Gasteiger partial charge >= 0.3 is 19.8 Å². The summed E-state index contributed by atoms with van der Waals surface area (Å²) in [4.78, 5) is 36.1. The van der Waals surface area contributed by atoms with Crippen molar-refractivity contribution in [1.82, 2.24) is 0 Å². The highest BCUT2D eigenvalue weighted by Crippen LogP contribution is 2.43. The molecular formula is C53H101O19P. The molecule has 2 rings (SSSR count). The van der Waals surface area contributed by atoms with Crippen molar-refractivity contribution < 1.29 is 92.3 Å². The van der Waals surface area contributed by atoms with E-state index in [2.05, 4.69) is 13.8 Å². The van der Waals surface area contributed by atoms with Crippen LogP contribution in [0.3, 0.4) is 0 Å². The third kappa shape index (κ3) is 31.6. The minimum atomic E-state index is -4.82.